The Labute approximate surface area is 90.7 Å². The van der Waals surface area contributed by atoms with E-state index in [1.54, 1.807) is 6.07 Å². The second-order valence-electron chi connectivity index (χ2n) is 4.99. The first kappa shape index (κ1) is 10.6. The van der Waals surface area contributed by atoms with Crippen molar-refractivity contribution in [2.75, 3.05) is 13.1 Å². The van der Waals surface area contributed by atoms with E-state index < -0.39 is 0 Å². The van der Waals surface area contributed by atoms with Gasteiger partial charge in [0.05, 0.1) is 0 Å². The van der Waals surface area contributed by atoms with Gasteiger partial charge in [0, 0.05) is 18.5 Å². The zero-order valence-electron chi connectivity index (χ0n) is 9.39. The van der Waals surface area contributed by atoms with E-state index in [0.717, 1.165) is 25.1 Å². The molecule has 0 atom stereocenters. The van der Waals surface area contributed by atoms with Crippen molar-refractivity contribution in [3.8, 4) is 0 Å². The molecule has 1 aromatic carbocycles. The highest BCUT2D eigenvalue weighted by molar-refractivity contribution is 5.30. The number of benzene rings is 1. The molecule has 0 spiro atoms. The fourth-order valence-corrected chi connectivity index (χ4v) is 2.49. The van der Waals surface area contributed by atoms with Crippen LogP contribution >= 0.6 is 0 Å². The van der Waals surface area contributed by atoms with E-state index in [2.05, 4.69) is 19.2 Å². The zero-order chi connectivity index (χ0) is 10.9. The number of rotatable bonds is 3. The Bertz CT molecular complexity index is 342. The van der Waals surface area contributed by atoms with Crippen molar-refractivity contribution < 1.29 is 4.39 Å². The lowest BCUT2D eigenvalue weighted by Gasteiger charge is -2.44. The smallest absolute Gasteiger partial charge is 0.123 e. The number of hydrogen-bond donors (Lipinski definition) is 1. The van der Waals surface area contributed by atoms with Gasteiger partial charge in [-0.2, -0.15) is 0 Å². The van der Waals surface area contributed by atoms with Crippen molar-refractivity contribution in [1.29, 1.82) is 0 Å². The van der Waals surface area contributed by atoms with Gasteiger partial charge in [-0.3, -0.25) is 0 Å². The lowest BCUT2D eigenvalue weighted by molar-refractivity contribution is 0.229. The van der Waals surface area contributed by atoms with Crippen LogP contribution in [0.15, 0.2) is 24.3 Å². The van der Waals surface area contributed by atoms with Crippen LogP contribution in [0.2, 0.25) is 0 Å². The van der Waals surface area contributed by atoms with Crippen molar-refractivity contribution in [2.45, 2.75) is 25.7 Å². The van der Waals surface area contributed by atoms with E-state index in [0.29, 0.717) is 5.92 Å². The molecule has 2 heteroatoms. The fourth-order valence-electron chi connectivity index (χ4n) is 2.49. The van der Waals surface area contributed by atoms with E-state index in [-0.39, 0.29) is 11.2 Å². The molecule has 0 aromatic heterocycles. The molecule has 1 fully saturated rings. The quantitative estimate of drug-likeness (QED) is 0.803. The molecule has 0 unspecified atom stereocenters. The Morgan fingerprint density at radius 3 is 2.60 bits per heavy atom. The van der Waals surface area contributed by atoms with Gasteiger partial charge < -0.3 is 5.32 Å². The first-order valence-corrected chi connectivity index (χ1v) is 5.59. The number of nitrogens with one attached hydrogen (secondary N) is 1. The molecule has 1 saturated heterocycles. The van der Waals surface area contributed by atoms with Crippen LogP contribution in [0, 0.1) is 11.7 Å². The first-order valence-electron chi connectivity index (χ1n) is 5.59. The van der Waals surface area contributed by atoms with Gasteiger partial charge in [0.2, 0.25) is 0 Å². The monoisotopic (exact) mass is 207 g/mol. The molecule has 1 aliphatic rings. The van der Waals surface area contributed by atoms with Crippen molar-refractivity contribution in [3.63, 3.8) is 0 Å². The Balaban J connectivity index is 2.26. The molecule has 2 rings (SSSR count). The highest BCUT2D eigenvalue weighted by Gasteiger charge is 2.38. The molecule has 0 bridgehead atoms. The van der Waals surface area contributed by atoms with Gasteiger partial charge in [-0.05, 0) is 30.0 Å². The summed E-state index contributed by atoms with van der Waals surface area (Å²) in [4.78, 5) is 0. The van der Waals surface area contributed by atoms with E-state index in [1.807, 2.05) is 12.1 Å². The summed E-state index contributed by atoms with van der Waals surface area (Å²) >= 11 is 0. The summed E-state index contributed by atoms with van der Waals surface area (Å²) in [7, 11) is 0. The Morgan fingerprint density at radius 1 is 1.40 bits per heavy atom. The molecule has 1 nitrogen and oxygen atoms in total. The van der Waals surface area contributed by atoms with Crippen LogP contribution in [-0.2, 0) is 5.41 Å². The lowest BCUT2D eigenvalue weighted by atomic mass is 9.70. The molecule has 0 aliphatic carbocycles. The van der Waals surface area contributed by atoms with Crippen molar-refractivity contribution in [2.24, 2.45) is 5.92 Å². The zero-order valence-corrected chi connectivity index (χ0v) is 9.39. The molecule has 0 radical (unpaired) electrons. The third kappa shape index (κ3) is 2.05. The van der Waals surface area contributed by atoms with Crippen LogP contribution < -0.4 is 5.32 Å². The molecule has 0 amide bonds. The molecular formula is C13H18FN. The number of hydrogen-bond acceptors (Lipinski definition) is 1. The average molecular weight is 207 g/mol. The maximum atomic E-state index is 13.2. The average Bonchev–Trinajstić information content (AvgIpc) is 2.11. The van der Waals surface area contributed by atoms with Crippen LogP contribution in [0.1, 0.15) is 25.8 Å². The maximum Gasteiger partial charge on any atom is 0.123 e. The van der Waals surface area contributed by atoms with Gasteiger partial charge in [-0.1, -0.05) is 26.0 Å². The van der Waals surface area contributed by atoms with Crippen LogP contribution in [0.3, 0.4) is 0 Å². The van der Waals surface area contributed by atoms with E-state index >= 15 is 0 Å². The topological polar surface area (TPSA) is 12.0 Å². The highest BCUT2D eigenvalue weighted by atomic mass is 19.1. The van der Waals surface area contributed by atoms with Gasteiger partial charge in [0.1, 0.15) is 5.82 Å². The molecular weight excluding hydrogens is 189 g/mol. The Hall–Kier alpha value is -0.890. The highest BCUT2D eigenvalue weighted by Crippen LogP contribution is 2.35. The third-order valence-corrected chi connectivity index (χ3v) is 3.16. The van der Waals surface area contributed by atoms with Gasteiger partial charge >= 0.3 is 0 Å². The van der Waals surface area contributed by atoms with Gasteiger partial charge in [-0.25, -0.2) is 4.39 Å². The Morgan fingerprint density at radius 2 is 2.13 bits per heavy atom. The predicted molar refractivity (Wildman–Crippen MR) is 60.4 cm³/mol. The predicted octanol–water partition coefficient (Wildman–Crippen LogP) is 2.71. The summed E-state index contributed by atoms with van der Waals surface area (Å²) in [6, 6.07) is 7.05. The molecule has 1 aliphatic heterocycles. The van der Waals surface area contributed by atoms with Crippen molar-refractivity contribution >= 4 is 0 Å². The molecule has 15 heavy (non-hydrogen) atoms. The summed E-state index contributed by atoms with van der Waals surface area (Å²) in [5, 5.41) is 3.30. The molecule has 82 valence electrons. The van der Waals surface area contributed by atoms with Crippen molar-refractivity contribution in [1.82, 2.24) is 5.32 Å². The second-order valence-corrected chi connectivity index (χ2v) is 4.99. The number of halogens is 1. The SMILES string of the molecule is CC(C)CC1(c2cccc(F)c2)CNC1. The summed E-state index contributed by atoms with van der Waals surface area (Å²) in [6.45, 7) is 6.40. The Kier molecular flexibility index (Phi) is 2.79. The molecule has 1 aromatic rings. The van der Waals surface area contributed by atoms with E-state index in [9.17, 15) is 4.39 Å². The first-order chi connectivity index (χ1) is 7.12. The second kappa shape index (κ2) is 3.93. The summed E-state index contributed by atoms with van der Waals surface area (Å²) in [6.07, 6.45) is 1.13. The summed E-state index contributed by atoms with van der Waals surface area (Å²) in [5.41, 5.74) is 1.32. The molecule has 1 N–H and O–H groups in total. The summed E-state index contributed by atoms with van der Waals surface area (Å²) in [5.74, 6) is 0.526. The fraction of sp³-hybridized carbons (Fsp3) is 0.538. The molecule has 1 heterocycles. The van der Waals surface area contributed by atoms with Crippen LogP contribution in [-0.4, -0.2) is 13.1 Å². The van der Waals surface area contributed by atoms with Gasteiger partial charge in [0.25, 0.3) is 0 Å². The third-order valence-electron chi connectivity index (χ3n) is 3.16. The van der Waals surface area contributed by atoms with E-state index in [1.165, 1.54) is 6.07 Å². The minimum Gasteiger partial charge on any atom is -0.315 e. The van der Waals surface area contributed by atoms with Gasteiger partial charge in [0.15, 0.2) is 0 Å². The maximum absolute atomic E-state index is 13.2. The lowest BCUT2D eigenvalue weighted by Crippen LogP contribution is -2.57. The summed E-state index contributed by atoms with van der Waals surface area (Å²) < 4.78 is 13.2. The minimum absolute atomic E-state index is 0.123. The van der Waals surface area contributed by atoms with E-state index in [4.69, 9.17) is 0 Å². The van der Waals surface area contributed by atoms with Gasteiger partial charge in [-0.15, -0.1) is 0 Å². The largest absolute Gasteiger partial charge is 0.315 e. The van der Waals surface area contributed by atoms with Crippen molar-refractivity contribution in [3.05, 3.63) is 35.6 Å². The van der Waals surface area contributed by atoms with Crippen LogP contribution in [0.5, 0.6) is 0 Å². The normalized spacial score (nSPS) is 18.9. The minimum atomic E-state index is -0.123. The standard InChI is InChI=1S/C13H18FN/c1-10(2)7-13(8-15-9-13)11-4-3-5-12(14)6-11/h3-6,10,15H,7-9H2,1-2H3. The van der Waals surface area contributed by atoms with Crippen LogP contribution in [0.25, 0.3) is 0 Å². The van der Waals surface area contributed by atoms with Crippen LogP contribution in [0.4, 0.5) is 4.39 Å². The molecule has 0 saturated carbocycles.